The SMILES string of the molecule is CC(C)(C)c1ccc(C(c2ccc(-c3nnc(C(C)(C)C)n3-c3ccc(OC(F)F)cc3)cc2)(C(F)(F)F)C(F)(F)F)cc1. The molecule has 0 saturated carbocycles. The summed E-state index contributed by atoms with van der Waals surface area (Å²) in [5.41, 5.74) is -6.19. The molecule has 0 aliphatic heterocycles. The average Bonchev–Trinajstić information content (AvgIpc) is 3.34. The number of benzene rings is 3. The summed E-state index contributed by atoms with van der Waals surface area (Å²) < 4.78 is 120. The highest BCUT2D eigenvalue weighted by molar-refractivity contribution is 5.61. The normalized spacial score (nSPS) is 13.4. The molecule has 0 aliphatic carbocycles. The minimum absolute atomic E-state index is 0.105. The molecule has 4 nitrogen and oxygen atoms in total. The summed E-state index contributed by atoms with van der Waals surface area (Å²) in [6, 6.07) is 13.7. The Balaban J connectivity index is 1.88. The van der Waals surface area contributed by atoms with Crippen molar-refractivity contribution in [3.8, 4) is 22.8 Å². The van der Waals surface area contributed by atoms with Gasteiger partial charge in [0, 0.05) is 16.7 Å². The van der Waals surface area contributed by atoms with E-state index in [1.807, 2.05) is 20.8 Å². The van der Waals surface area contributed by atoms with Crippen LogP contribution in [0.4, 0.5) is 35.1 Å². The van der Waals surface area contributed by atoms with Gasteiger partial charge < -0.3 is 4.74 Å². The van der Waals surface area contributed by atoms with Crippen LogP contribution in [-0.4, -0.2) is 33.7 Å². The fraction of sp³-hybridized carbons (Fsp3) is 0.375. The van der Waals surface area contributed by atoms with Crippen LogP contribution in [0.25, 0.3) is 17.1 Å². The molecule has 44 heavy (non-hydrogen) atoms. The van der Waals surface area contributed by atoms with Gasteiger partial charge in [-0.15, -0.1) is 10.2 Å². The second-order valence-electron chi connectivity index (χ2n) is 12.5. The molecule has 0 fully saturated rings. The number of halogens is 8. The molecule has 0 bridgehead atoms. The largest absolute Gasteiger partial charge is 0.435 e. The summed E-state index contributed by atoms with van der Waals surface area (Å²) in [6.07, 6.45) is -11.5. The number of nitrogens with zero attached hydrogens (tertiary/aromatic N) is 3. The van der Waals surface area contributed by atoms with E-state index in [-0.39, 0.29) is 17.1 Å². The zero-order chi connectivity index (χ0) is 32.9. The molecule has 0 amide bonds. The van der Waals surface area contributed by atoms with E-state index in [9.17, 15) is 35.1 Å². The lowest BCUT2D eigenvalue weighted by molar-refractivity contribution is -0.288. The predicted octanol–water partition coefficient (Wildman–Crippen LogP) is 9.54. The van der Waals surface area contributed by atoms with Gasteiger partial charge in [-0.1, -0.05) is 90.1 Å². The van der Waals surface area contributed by atoms with Gasteiger partial charge >= 0.3 is 19.0 Å². The quantitative estimate of drug-likeness (QED) is 0.201. The van der Waals surface area contributed by atoms with Crippen LogP contribution >= 0.6 is 0 Å². The second-order valence-corrected chi connectivity index (χ2v) is 12.5. The average molecular weight is 626 g/mol. The second kappa shape index (κ2) is 11.2. The Morgan fingerprint density at radius 1 is 0.591 bits per heavy atom. The molecule has 0 N–H and O–H groups in total. The third kappa shape index (κ3) is 6.03. The van der Waals surface area contributed by atoms with Gasteiger partial charge in [0.1, 0.15) is 11.6 Å². The summed E-state index contributed by atoms with van der Waals surface area (Å²) in [4.78, 5) is 0. The maximum absolute atomic E-state index is 14.7. The maximum atomic E-state index is 14.7. The van der Waals surface area contributed by atoms with Crippen molar-refractivity contribution in [2.24, 2.45) is 0 Å². The summed E-state index contributed by atoms with van der Waals surface area (Å²) in [5, 5.41) is 8.44. The van der Waals surface area contributed by atoms with Crippen LogP contribution in [0, 0.1) is 0 Å². The first-order valence-corrected chi connectivity index (χ1v) is 13.5. The van der Waals surface area contributed by atoms with Gasteiger partial charge in [0.25, 0.3) is 0 Å². The summed E-state index contributed by atoms with van der Waals surface area (Å²) in [5.74, 6) is 0.437. The van der Waals surface area contributed by atoms with Crippen molar-refractivity contribution in [1.82, 2.24) is 14.8 Å². The zero-order valence-electron chi connectivity index (χ0n) is 24.8. The number of hydrogen-bond donors (Lipinski definition) is 0. The van der Waals surface area contributed by atoms with Crippen molar-refractivity contribution in [1.29, 1.82) is 0 Å². The molecule has 1 aromatic heterocycles. The van der Waals surface area contributed by atoms with E-state index in [4.69, 9.17) is 0 Å². The molecule has 0 atom stereocenters. The van der Waals surface area contributed by atoms with Crippen molar-refractivity contribution in [2.75, 3.05) is 0 Å². The Morgan fingerprint density at radius 2 is 1.05 bits per heavy atom. The first-order valence-electron chi connectivity index (χ1n) is 13.5. The van der Waals surface area contributed by atoms with Crippen molar-refractivity contribution in [2.45, 2.75) is 76.8 Å². The van der Waals surface area contributed by atoms with E-state index in [1.54, 1.807) is 25.3 Å². The summed E-state index contributed by atoms with van der Waals surface area (Å²) in [6.45, 7) is 7.87. The van der Waals surface area contributed by atoms with Crippen LogP contribution in [0.15, 0.2) is 72.8 Å². The molecule has 236 valence electrons. The lowest BCUT2D eigenvalue weighted by Crippen LogP contribution is -2.54. The molecule has 12 heteroatoms. The monoisotopic (exact) mass is 625 g/mol. The van der Waals surface area contributed by atoms with Gasteiger partial charge in [-0.3, -0.25) is 4.57 Å². The Morgan fingerprint density at radius 3 is 1.45 bits per heavy atom. The molecule has 0 aliphatic rings. The summed E-state index contributed by atoms with van der Waals surface area (Å²) in [7, 11) is 0. The van der Waals surface area contributed by atoms with Gasteiger partial charge in [0.05, 0.1) is 0 Å². The molecule has 4 rings (SSSR count). The minimum atomic E-state index is -5.74. The molecular formula is C32H31F8N3O. The van der Waals surface area contributed by atoms with Crippen LogP contribution < -0.4 is 4.74 Å². The van der Waals surface area contributed by atoms with Gasteiger partial charge in [0.15, 0.2) is 5.82 Å². The van der Waals surface area contributed by atoms with Crippen LogP contribution in [0.5, 0.6) is 5.75 Å². The Kier molecular flexibility index (Phi) is 8.38. The number of rotatable bonds is 6. The van der Waals surface area contributed by atoms with Gasteiger partial charge in [-0.2, -0.15) is 35.1 Å². The molecule has 0 radical (unpaired) electrons. The van der Waals surface area contributed by atoms with E-state index in [0.29, 0.717) is 17.1 Å². The first-order chi connectivity index (χ1) is 20.2. The molecule has 0 spiro atoms. The molecule has 4 aromatic rings. The highest BCUT2D eigenvalue weighted by Gasteiger charge is 2.72. The van der Waals surface area contributed by atoms with Crippen molar-refractivity contribution in [3.63, 3.8) is 0 Å². The Labute approximate surface area is 249 Å². The molecule has 0 saturated heterocycles. The molecular weight excluding hydrogens is 594 g/mol. The van der Waals surface area contributed by atoms with Crippen molar-refractivity contribution >= 4 is 0 Å². The Hall–Kier alpha value is -3.96. The minimum Gasteiger partial charge on any atom is -0.435 e. The fourth-order valence-electron chi connectivity index (χ4n) is 5.05. The van der Waals surface area contributed by atoms with E-state index in [0.717, 1.165) is 36.4 Å². The highest BCUT2D eigenvalue weighted by atomic mass is 19.4. The van der Waals surface area contributed by atoms with Gasteiger partial charge in [-0.25, -0.2) is 0 Å². The number of alkyl halides is 8. The van der Waals surface area contributed by atoms with Crippen molar-refractivity contribution in [3.05, 3.63) is 95.3 Å². The van der Waals surface area contributed by atoms with Crippen LogP contribution in [0.2, 0.25) is 0 Å². The maximum Gasteiger partial charge on any atom is 0.411 e. The van der Waals surface area contributed by atoms with Gasteiger partial charge in [0.2, 0.25) is 5.41 Å². The highest BCUT2D eigenvalue weighted by Crippen LogP contribution is 2.56. The standard InChI is InChI=1S/C32H31F8N3O/c1-28(2,3)20-11-13-22(14-12-20)30(31(35,36)37,32(38,39)40)21-9-7-19(8-10-21)25-41-42-26(29(4,5)6)43(25)23-15-17-24(18-16-23)44-27(33)34/h7-18,27H,1-6H3. The fourth-order valence-corrected chi connectivity index (χ4v) is 5.05. The van der Waals surface area contributed by atoms with Crippen LogP contribution in [0.3, 0.4) is 0 Å². The smallest absolute Gasteiger partial charge is 0.411 e. The van der Waals surface area contributed by atoms with E-state index in [2.05, 4.69) is 14.9 Å². The Bertz CT molecular complexity index is 1560. The van der Waals surface area contributed by atoms with Crippen LogP contribution in [-0.2, 0) is 16.2 Å². The van der Waals surface area contributed by atoms with E-state index in [1.165, 1.54) is 36.4 Å². The third-order valence-electron chi connectivity index (χ3n) is 7.26. The first kappa shape index (κ1) is 32.9. The number of hydrogen-bond acceptors (Lipinski definition) is 3. The topological polar surface area (TPSA) is 39.9 Å². The van der Waals surface area contributed by atoms with E-state index >= 15 is 0 Å². The molecule has 0 unspecified atom stereocenters. The van der Waals surface area contributed by atoms with Gasteiger partial charge in [-0.05, 0) is 46.4 Å². The van der Waals surface area contributed by atoms with Crippen LogP contribution in [0.1, 0.15) is 64.1 Å². The molecule has 1 heterocycles. The third-order valence-corrected chi connectivity index (χ3v) is 7.26. The van der Waals surface area contributed by atoms with E-state index < -0.39 is 46.3 Å². The zero-order valence-corrected chi connectivity index (χ0v) is 24.8. The van der Waals surface area contributed by atoms with Crippen molar-refractivity contribution < 1.29 is 39.9 Å². The summed E-state index contributed by atoms with van der Waals surface area (Å²) >= 11 is 0. The number of ether oxygens (including phenoxy) is 1. The lowest BCUT2D eigenvalue weighted by atomic mass is 9.72. The predicted molar refractivity (Wildman–Crippen MR) is 150 cm³/mol. The molecule has 3 aromatic carbocycles. The number of aromatic nitrogens is 3. The lowest BCUT2D eigenvalue weighted by Gasteiger charge is -2.38.